The first-order valence-corrected chi connectivity index (χ1v) is 5.90. The van der Waals surface area contributed by atoms with Gasteiger partial charge < -0.3 is 10.2 Å². The fourth-order valence-electron chi connectivity index (χ4n) is 2.42. The minimum Gasteiger partial charge on any atom is -0.359 e. The van der Waals surface area contributed by atoms with Crippen molar-refractivity contribution in [2.75, 3.05) is 20.1 Å². The molecule has 5 heteroatoms. The van der Waals surface area contributed by atoms with Gasteiger partial charge in [-0.3, -0.25) is 9.59 Å². The lowest BCUT2D eigenvalue weighted by atomic mass is 9.89. The third kappa shape index (κ3) is 1.78. The zero-order chi connectivity index (χ0) is 12.7. The van der Waals surface area contributed by atoms with Gasteiger partial charge in [-0.05, 0) is 26.2 Å². The SMILES string of the molecule is CNC(=O)C1(C)CCN(C(=O)C2(C#N)CC2)C1. The highest BCUT2D eigenvalue weighted by Crippen LogP contribution is 2.47. The largest absolute Gasteiger partial charge is 0.359 e. The second kappa shape index (κ2) is 3.73. The third-order valence-electron chi connectivity index (χ3n) is 3.91. The van der Waals surface area contributed by atoms with E-state index in [1.165, 1.54) is 0 Å². The fourth-order valence-corrected chi connectivity index (χ4v) is 2.42. The van der Waals surface area contributed by atoms with Gasteiger partial charge in [0.25, 0.3) is 0 Å². The minimum absolute atomic E-state index is 0.0328. The zero-order valence-corrected chi connectivity index (χ0v) is 10.2. The summed E-state index contributed by atoms with van der Waals surface area (Å²) in [5.74, 6) is -0.123. The second-order valence-corrected chi connectivity index (χ2v) is 5.31. The van der Waals surface area contributed by atoms with Crippen molar-refractivity contribution in [3.8, 4) is 6.07 Å². The molecule has 2 rings (SSSR count). The van der Waals surface area contributed by atoms with Crippen LogP contribution >= 0.6 is 0 Å². The van der Waals surface area contributed by atoms with Gasteiger partial charge in [0, 0.05) is 20.1 Å². The molecule has 0 aromatic heterocycles. The van der Waals surface area contributed by atoms with E-state index in [1.54, 1.807) is 11.9 Å². The van der Waals surface area contributed by atoms with Crippen LogP contribution in [-0.4, -0.2) is 36.9 Å². The van der Waals surface area contributed by atoms with E-state index in [1.807, 2.05) is 6.92 Å². The van der Waals surface area contributed by atoms with Gasteiger partial charge in [0.15, 0.2) is 0 Å². The monoisotopic (exact) mass is 235 g/mol. The van der Waals surface area contributed by atoms with Gasteiger partial charge in [0.1, 0.15) is 5.41 Å². The fraction of sp³-hybridized carbons (Fsp3) is 0.750. The predicted molar refractivity (Wildman–Crippen MR) is 60.7 cm³/mol. The molecular weight excluding hydrogens is 218 g/mol. The summed E-state index contributed by atoms with van der Waals surface area (Å²) in [6.45, 7) is 2.87. The Morgan fingerprint density at radius 3 is 2.47 bits per heavy atom. The Bertz CT molecular complexity index is 408. The van der Waals surface area contributed by atoms with Crippen molar-refractivity contribution in [2.45, 2.75) is 26.2 Å². The first kappa shape index (κ1) is 11.9. The van der Waals surface area contributed by atoms with E-state index in [0.29, 0.717) is 32.4 Å². The van der Waals surface area contributed by atoms with E-state index in [0.717, 1.165) is 0 Å². The lowest BCUT2D eigenvalue weighted by Crippen LogP contribution is -2.42. The number of hydrogen-bond donors (Lipinski definition) is 1. The molecule has 1 aliphatic heterocycles. The maximum absolute atomic E-state index is 12.1. The maximum Gasteiger partial charge on any atom is 0.243 e. The lowest BCUT2D eigenvalue weighted by molar-refractivity contribution is -0.135. The van der Waals surface area contributed by atoms with Crippen molar-refractivity contribution in [3.63, 3.8) is 0 Å². The molecule has 2 aliphatic rings. The topological polar surface area (TPSA) is 73.2 Å². The van der Waals surface area contributed by atoms with E-state index in [9.17, 15) is 9.59 Å². The van der Waals surface area contributed by atoms with Crippen molar-refractivity contribution in [1.29, 1.82) is 5.26 Å². The number of hydrogen-bond acceptors (Lipinski definition) is 3. The highest BCUT2D eigenvalue weighted by Gasteiger charge is 2.55. The second-order valence-electron chi connectivity index (χ2n) is 5.31. The Labute approximate surface area is 101 Å². The Balaban J connectivity index is 2.06. The molecular formula is C12H17N3O2. The summed E-state index contributed by atoms with van der Waals surface area (Å²) < 4.78 is 0. The number of nitrogens with one attached hydrogen (secondary N) is 1. The molecule has 92 valence electrons. The van der Waals surface area contributed by atoms with Crippen LogP contribution in [0, 0.1) is 22.2 Å². The van der Waals surface area contributed by atoms with Gasteiger partial charge in [-0.2, -0.15) is 5.26 Å². The van der Waals surface area contributed by atoms with Crippen LogP contribution in [0.3, 0.4) is 0 Å². The lowest BCUT2D eigenvalue weighted by Gasteiger charge is -2.23. The highest BCUT2D eigenvalue weighted by atomic mass is 16.2. The highest BCUT2D eigenvalue weighted by molar-refractivity contribution is 5.90. The molecule has 1 heterocycles. The molecule has 0 radical (unpaired) electrons. The Morgan fingerprint density at radius 2 is 2.00 bits per heavy atom. The first-order valence-electron chi connectivity index (χ1n) is 5.90. The van der Waals surface area contributed by atoms with Crippen LogP contribution in [0.1, 0.15) is 26.2 Å². The van der Waals surface area contributed by atoms with Crippen molar-refractivity contribution in [2.24, 2.45) is 10.8 Å². The Morgan fingerprint density at radius 1 is 1.35 bits per heavy atom. The average molecular weight is 235 g/mol. The van der Waals surface area contributed by atoms with Gasteiger partial charge in [0.05, 0.1) is 11.5 Å². The zero-order valence-electron chi connectivity index (χ0n) is 10.2. The molecule has 1 unspecified atom stereocenters. The van der Waals surface area contributed by atoms with Crippen LogP contribution in [0.15, 0.2) is 0 Å². The maximum atomic E-state index is 12.1. The smallest absolute Gasteiger partial charge is 0.243 e. The Hall–Kier alpha value is -1.57. The van der Waals surface area contributed by atoms with E-state index in [-0.39, 0.29) is 11.8 Å². The molecule has 2 amide bonds. The summed E-state index contributed by atoms with van der Waals surface area (Å²) in [7, 11) is 1.61. The van der Waals surface area contributed by atoms with Crippen LogP contribution in [0.25, 0.3) is 0 Å². The molecule has 0 spiro atoms. The van der Waals surface area contributed by atoms with Crippen LogP contribution in [0.4, 0.5) is 0 Å². The van der Waals surface area contributed by atoms with Gasteiger partial charge in [-0.25, -0.2) is 0 Å². The summed E-state index contributed by atoms with van der Waals surface area (Å²) in [6, 6.07) is 2.11. The summed E-state index contributed by atoms with van der Waals surface area (Å²) in [5.41, 5.74) is -1.27. The standard InChI is InChI=1S/C12H17N3O2/c1-11(9(16)14-2)5-6-15(8-11)10(17)12(7-13)3-4-12/h3-6,8H2,1-2H3,(H,14,16). The van der Waals surface area contributed by atoms with Crippen molar-refractivity contribution >= 4 is 11.8 Å². The van der Waals surface area contributed by atoms with E-state index >= 15 is 0 Å². The molecule has 17 heavy (non-hydrogen) atoms. The third-order valence-corrected chi connectivity index (χ3v) is 3.91. The van der Waals surface area contributed by atoms with Gasteiger partial charge >= 0.3 is 0 Å². The summed E-state index contributed by atoms with van der Waals surface area (Å²) in [4.78, 5) is 25.5. The number of carbonyl (C=O) groups is 2. The van der Waals surface area contributed by atoms with Gasteiger partial charge in [-0.15, -0.1) is 0 Å². The van der Waals surface area contributed by atoms with E-state index in [2.05, 4.69) is 11.4 Å². The summed E-state index contributed by atoms with van der Waals surface area (Å²) in [6.07, 6.45) is 1.99. The van der Waals surface area contributed by atoms with Crippen LogP contribution < -0.4 is 5.32 Å². The van der Waals surface area contributed by atoms with Crippen LogP contribution in [-0.2, 0) is 9.59 Å². The summed E-state index contributed by atoms with van der Waals surface area (Å²) in [5, 5.41) is 11.6. The molecule has 0 aromatic rings. The number of amides is 2. The Kier molecular flexibility index (Phi) is 2.61. The normalized spacial score (nSPS) is 29.6. The quantitative estimate of drug-likeness (QED) is 0.747. The predicted octanol–water partition coefficient (Wildman–Crippen LogP) is 0.275. The van der Waals surface area contributed by atoms with Crippen molar-refractivity contribution in [3.05, 3.63) is 0 Å². The van der Waals surface area contributed by atoms with E-state index in [4.69, 9.17) is 5.26 Å². The van der Waals surface area contributed by atoms with Gasteiger partial charge in [0.2, 0.25) is 11.8 Å². The molecule has 2 fully saturated rings. The van der Waals surface area contributed by atoms with Crippen molar-refractivity contribution in [1.82, 2.24) is 10.2 Å². The molecule has 5 nitrogen and oxygen atoms in total. The molecule has 1 saturated carbocycles. The first-order chi connectivity index (χ1) is 7.97. The molecule has 1 saturated heterocycles. The number of likely N-dealkylation sites (tertiary alicyclic amines) is 1. The van der Waals surface area contributed by atoms with E-state index < -0.39 is 10.8 Å². The average Bonchev–Trinajstić information content (AvgIpc) is 3.04. The van der Waals surface area contributed by atoms with Crippen molar-refractivity contribution < 1.29 is 9.59 Å². The minimum atomic E-state index is -0.770. The van der Waals surface area contributed by atoms with Crippen LogP contribution in [0.5, 0.6) is 0 Å². The molecule has 1 N–H and O–H groups in total. The molecule has 0 aromatic carbocycles. The molecule has 1 atom stereocenters. The van der Waals surface area contributed by atoms with Gasteiger partial charge in [-0.1, -0.05) is 0 Å². The summed E-state index contributed by atoms with van der Waals surface area (Å²) >= 11 is 0. The van der Waals surface area contributed by atoms with Crippen LogP contribution in [0.2, 0.25) is 0 Å². The molecule has 0 bridgehead atoms. The number of carbonyl (C=O) groups excluding carboxylic acids is 2. The number of nitrogens with zero attached hydrogens (tertiary/aromatic N) is 2. The number of nitriles is 1. The number of rotatable bonds is 2. The molecule has 1 aliphatic carbocycles.